The molecule has 0 radical (unpaired) electrons. The van der Waals surface area contributed by atoms with Crippen LogP contribution in [0.15, 0.2) is 0 Å². The molecule has 7 atom stereocenters. The van der Waals surface area contributed by atoms with Crippen LogP contribution in [-0.4, -0.2) is 74.5 Å². The maximum absolute atomic E-state index is 13.6. The van der Waals surface area contributed by atoms with E-state index in [0.717, 1.165) is 51.8 Å². The minimum absolute atomic E-state index is 0.0874. The smallest absolute Gasteiger partial charge is 0.229 e. The van der Waals surface area contributed by atoms with Gasteiger partial charge in [-0.25, -0.2) is 0 Å². The highest BCUT2D eigenvalue weighted by Crippen LogP contribution is 2.56. The number of piperazine rings is 1. The van der Waals surface area contributed by atoms with Crippen molar-refractivity contribution in [2.75, 3.05) is 33.4 Å². The van der Waals surface area contributed by atoms with Gasteiger partial charge in [0.25, 0.3) is 0 Å². The first-order chi connectivity index (χ1) is 12.7. The first-order valence-electron chi connectivity index (χ1n) is 10.6. The zero-order valence-electron chi connectivity index (χ0n) is 15.9. The van der Waals surface area contributed by atoms with E-state index in [1.54, 1.807) is 7.11 Å². The van der Waals surface area contributed by atoms with Gasteiger partial charge >= 0.3 is 0 Å². The van der Waals surface area contributed by atoms with E-state index in [2.05, 4.69) is 15.5 Å². The molecule has 146 valence electrons. The predicted molar refractivity (Wildman–Crippen MR) is 97.9 cm³/mol. The van der Waals surface area contributed by atoms with E-state index >= 15 is 0 Å². The summed E-state index contributed by atoms with van der Waals surface area (Å²) >= 11 is 0. The first kappa shape index (κ1) is 17.4. The van der Waals surface area contributed by atoms with Gasteiger partial charge < -0.3 is 25.0 Å². The summed E-state index contributed by atoms with van der Waals surface area (Å²) in [4.78, 5) is 15.9. The van der Waals surface area contributed by atoms with E-state index in [9.17, 15) is 4.79 Å². The highest BCUT2D eigenvalue weighted by molar-refractivity contribution is 5.85. The SMILES string of the molecule is CO[C@@H]1COCC[C@@H]1N[C@@H]1C[C@H]2CCC[C@@]2(C(=O)N2C[C@@H]3C[C@H]2CN3)C1. The molecular formula is C20H33N3O3. The predicted octanol–water partition coefficient (Wildman–Crippen LogP) is 0.902. The average molecular weight is 364 g/mol. The van der Waals surface area contributed by atoms with Crippen LogP contribution in [0.2, 0.25) is 0 Å². The Morgan fingerprint density at radius 1 is 1.35 bits per heavy atom. The number of rotatable bonds is 4. The third-order valence-electron chi connectivity index (χ3n) is 7.94. The van der Waals surface area contributed by atoms with Gasteiger partial charge in [-0.1, -0.05) is 6.42 Å². The highest BCUT2D eigenvalue weighted by atomic mass is 16.5. The summed E-state index contributed by atoms with van der Waals surface area (Å²) in [5.41, 5.74) is -0.0874. The maximum atomic E-state index is 13.6. The molecule has 0 aromatic heterocycles. The maximum Gasteiger partial charge on any atom is 0.229 e. The summed E-state index contributed by atoms with van der Waals surface area (Å²) in [6, 6.07) is 1.79. The van der Waals surface area contributed by atoms with Crippen molar-refractivity contribution in [1.29, 1.82) is 0 Å². The number of methoxy groups -OCH3 is 1. The van der Waals surface area contributed by atoms with Crippen molar-refractivity contribution in [2.24, 2.45) is 11.3 Å². The Balaban J connectivity index is 1.29. The van der Waals surface area contributed by atoms with Crippen LogP contribution in [0.25, 0.3) is 0 Å². The van der Waals surface area contributed by atoms with Crippen LogP contribution >= 0.6 is 0 Å². The molecule has 2 aliphatic carbocycles. The standard InChI is InChI=1S/C20H33N3O3/c1-25-18-12-26-6-4-17(18)22-14-7-13-3-2-5-20(13,9-14)19(24)23-11-15-8-16(23)10-21-15/h13-18,21-22H,2-12H2,1H3/t13-,14-,15+,16+,17+,18-,20-/m1/s1. The van der Waals surface area contributed by atoms with Crippen molar-refractivity contribution in [2.45, 2.75) is 75.2 Å². The van der Waals surface area contributed by atoms with Crippen molar-refractivity contribution in [1.82, 2.24) is 15.5 Å². The lowest BCUT2D eigenvalue weighted by Crippen LogP contribution is -2.53. The van der Waals surface area contributed by atoms with E-state index in [4.69, 9.17) is 9.47 Å². The van der Waals surface area contributed by atoms with Gasteiger partial charge in [0.15, 0.2) is 0 Å². The summed E-state index contributed by atoms with van der Waals surface area (Å²) in [5, 5.41) is 7.39. The van der Waals surface area contributed by atoms with Crippen molar-refractivity contribution >= 4 is 5.91 Å². The lowest BCUT2D eigenvalue weighted by Gasteiger charge is -2.37. The summed E-state index contributed by atoms with van der Waals surface area (Å²) < 4.78 is 11.2. The number of carbonyl (C=O) groups excluding carboxylic acids is 1. The van der Waals surface area contributed by atoms with Crippen molar-refractivity contribution < 1.29 is 14.3 Å². The molecule has 3 aliphatic heterocycles. The molecule has 5 aliphatic rings. The Bertz CT molecular complexity index is 558. The number of hydrogen-bond donors (Lipinski definition) is 2. The highest BCUT2D eigenvalue weighted by Gasteiger charge is 2.58. The second kappa shape index (κ2) is 6.73. The van der Waals surface area contributed by atoms with Gasteiger partial charge in [0.2, 0.25) is 5.91 Å². The van der Waals surface area contributed by atoms with Crippen molar-refractivity contribution in [3.8, 4) is 0 Å². The first-order valence-corrected chi connectivity index (χ1v) is 10.6. The van der Waals surface area contributed by atoms with E-state index in [1.165, 1.54) is 12.8 Å². The van der Waals surface area contributed by atoms with Gasteiger partial charge in [0.1, 0.15) is 0 Å². The molecule has 0 aromatic rings. The Morgan fingerprint density at radius 2 is 2.27 bits per heavy atom. The molecule has 0 unspecified atom stereocenters. The Morgan fingerprint density at radius 3 is 3.04 bits per heavy atom. The third-order valence-corrected chi connectivity index (χ3v) is 7.94. The van der Waals surface area contributed by atoms with Gasteiger partial charge in [0.05, 0.1) is 18.1 Å². The zero-order chi connectivity index (χ0) is 17.7. The van der Waals surface area contributed by atoms with Crippen LogP contribution < -0.4 is 10.6 Å². The molecule has 0 aromatic carbocycles. The average Bonchev–Trinajstić information content (AvgIpc) is 3.41. The fraction of sp³-hybridized carbons (Fsp3) is 0.950. The summed E-state index contributed by atoms with van der Waals surface area (Å²) in [7, 11) is 1.78. The minimum atomic E-state index is -0.0874. The van der Waals surface area contributed by atoms with Gasteiger partial charge in [-0.2, -0.15) is 0 Å². The molecular weight excluding hydrogens is 330 g/mol. The molecule has 2 bridgehead atoms. The number of nitrogens with one attached hydrogen (secondary N) is 2. The lowest BCUT2D eigenvalue weighted by molar-refractivity contribution is -0.145. The van der Waals surface area contributed by atoms with Crippen LogP contribution in [0.3, 0.4) is 0 Å². The van der Waals surface area contributed by atoms with Crippen molar-refractivity contribution in [3.63, 3.8) is 0 Å². The molecule has 2 saturated carbocycles. The number of hydrogen-bond acceptors (Lipinski definition) is 5. The lowest BCUT2D eigenvalue weighted by atomic mass is 9.78. The third kappa shape index (κ3) is 2.72. The van der Waals surface area contributed by atoms with E-state index in [-0.39, 0.29) is 11.5 Å². The minimum Gasteiger partial charge on any atom is -0.379 e. The fourth-order valence-electron chi connectivity index (χ4n) is 6.65. The normalized spacial score (nSPS) is 47.5. The summed E-state index contributed by atoms with van der Waals surface area (Å²) in [5.74, 6) is 1.05. The van der Waals surface area contributed by atoms with Crippen LogP contribution in [-0.2, 0) is 14.3 Å². The van der Waals surface area contributed by atoms with Crippen LogP contribution in [0, 0.1) is 11.3 Å². The fourth-order valence-corrected chi connectivity index (χ4v) is 6.65. The molecule has 26 heavy (non-hydrogen) atoms. The van der Waals surface area contributed by atoms with E-state index in [0.29, 0.717) is 42.6 Å². The molecule has 2 N–H and O–H groups in total. The molecule has 0 spiro atoms. The molecule has 3 heterocycles. The van der Waals surface area contributed by atoms with E-state index < -0.39 is 0 Å². The van der Waals surface area contributed by atoms with Crippen LogP contribution in [0.4, 0.5) is 0 Å². The Kier molecular flexibility index (Phi) is 4.51. The molecule has 5 rings (SSSR count). The number of nitrogens with zero attached hydrogens (tertiary/aromatic N) is 1. The van der Waals surface area contributed by atoms with Gasteiger partial charge in [-0.15, -0.1) is 0 Å². The Labute approximate surface area is 156 Å². The van der Waals surface area contributed by atoms with E-state index in [1.807, 2.05) is 0 Å². The molecule has 3 saturated heterocycles. The van der Waals surface area contributed by atoms with Gasteiger partial charge in [-0.05, 0) is 44.4 Å². The van der Waals surface area contributed by atoms with Crippen LogP contribution in [0.5, 0.6) is 0 Å². The second-order valence-electron chi connectivity index (χ2n) is 9.25. The quantitative estimate of drug-likeness (QED) is 0.777. The van der Waals surface area contributed by atoms with Gasteiger partial charge in [-0.3, -0.25) is 4.79 Å². The second-order valence-corrected chi connectivity index (χ2v) is 9.25. The topological polar surface area (TPSA) is 62.8 Å². The largest absolute Gasteiger partial charge is 0.379 e. The summed E-state index contributed by atoms with van der Waals surface area (Å²) in [6.07, 6.45) is 8.01. The Hall–Kier alpha value is -0.690. The van der Waals surface area contributed by atoms with Crippen LogP contribution in [0.1, 0.15) is 44.9 Å². The molecule has 5 fully saturated rings. The van der Waals surface area contributed by atoms with Gasteiger partial charge in [0, 0.05) is 51.0 Å². The monoisotopic (exact) mass is 363 g/mol. The summed E-state index contributed by atoms with van der Waals surface area (Å²) in [6.45, 7) is 3.41. The number of fused-ring (bicyclic) bond motifs is 3. The molecule has 1 amide bonds. The van der Waals surface area contributed by atoms with Crippen molar-refractivity contribution in [3.05, 3.63) is 0 Å². The molecule has 6 nitrogen and oxygen atoms in total. The number of amides is 1. The number of ether oxygens (including phenoxy) is 2. The molecule has 6 heteroatoms. The number of carbonyl (C=O) groups is 1. The zero-order valence-corrected chi connectivity index (χ0v) is 15.9. The number of likely N-dealkylation sites (tertiary alicyclic amines) is 1.